The Morgan fingerprint density at radius 1 is 1.11 bits per heavy atom. The predicted molar refractivity (Wildman–Crippen MR) is 78.3 cm³/mol. The minimum Gasteiger partial charge on any atom is -0.344 e. The highest BCUT2D eigenvalue weighted by Gasteiger charge is 2.11. The molecule has 0 atom stereocenters. The number of benzene rings is 2. The van der Waals surface area contributed by atoms with Crippen LogP contribution in [-0.2, 0) is 5.33 Å². The number of halogens is 2. The maximum absolute atomic E-state index is 13.2. The summed E-state index contributed by atoms with van der Waals surface area (Å²) in [4.78, 5) is 2.09. The molecule has 0 saturated carbocycles. The Labute approximate surface area is 115 Å². The van der Waals surface area contributed by atoms with Crippen molar-refractivity contribution in [3.8, 4) is 0 Å². The van der Waals surface area contributed by atoms with E-state index in [1.807, 2.05) is 25.2 Å². The molecule has 0 amide bonds. The van der Waals surface area contributed by atoms with Crippen LogP contribution in [0, 0.1) is 12.7 Å². The predicted octanol–water partition coefficient (Wildman–Crippen LogP) is 4.80. The molecule has 2 aromatic rings. The number of nitrogens with zero attached hydrogens (tertiary/aromatic N) is 1. The number of hydrogen-bond acceptors (Lipinski definition) is 1. The van der Waals surface area contributed by atoms with Crippen molar-refractivity contribution < 1.29 is 4.39 Å². The van der Waals surface area contributed by atoms with Crippen molar-refractivity contribution in [3.63, 3.8) is 0 Å². The molecule has 0 unspecified atom stereocenters. The van der Waals surface area contributed by atoms with Gasteiger partial charge >= 0.3 is 0 Å². The summed E-state index contributed by atoms with van der Waals surface area (Å²) in [7, 11) is 2.00. The fraction of sp³-hybridized carbons (Fsp3) is 0.200. The topological polar surface area (TPSA) is 3.24 Å². The first-order valence-corrected chi connectivity index (χ1v) is 6.89. The number of para-hydroxylation sites is 1. The highest BCUT2D eigenvalue weighted by molar-refractivity contribution is 9.08. The van der Waals surface area contributed by atoms with E-state index in [-0.39, 0.29) is 5.82 Å². The van der Waals surface area contributed by atoms with Gasteiger partial charge in [-0.05, 0) is 42.3 Å². The average Bonchev–Trinajstić information content (AvgIpc) is 2.38. The zero-order valence-corrected chi connectivity index (χ0v) is 12.0. The molecule has 0 heterocycles. The lowest BCUT2D eigenvalue weighted by molar-refractivity contribution is 0.626. The van der Waals surface area contributed by atoms with Crippen LogP contribution in [0.4, 0.5) is 15.8 Å². The Kier molecular flexibility index (Phi) is 4.02. The molecule has 0 bridgehead atoms. The van der Waals surface area contributed by atoms with Gasteiger partial charge in [0.15, 0.2) is 0 Å². The molecule has 0 aliphatic rings. The van der Waals surface area contributed by atoms with Crippen molar-refractivity contribution >= 4 is 27.3 Å². The normalized spacial score (nSPS) is 10.4. The molecule has 0 radical (unpaired) electrons. The lowest BCUT2D eigenvalue weighted by atomic mass is 10.1. The molecule has 94 valence electrons. The second-order valence-corrected chi connectivity index (χ2v) is 4.81. The molecule has 0 aliphatic heterocycles. The van der Waals surface area contributed by atoms with Gasteiger partial charge in [0.05, 0.1) is 0 Å². The van der Waals surface area contributed by atoms with Crippen LogP contribution in [0.15, 0.2) is 42.5 Å². The Morgan fingerprint density at radius 3 is 2.50 bits per heavy atom. The van der Waals surface area contributed by atoms with Crippen molar-refractivity contribution in [2.24, 2.45) is 0 Å². The standard InChI is InChI=1S/C15H15BrFN/c1-11-5-3-4-6-14(11)18(2)15-8-7-13(17)9-12(15)10-16/h3-9H,10H2,1-2H3. The second kappa shape index (κ2) is 5.53. The Hall–Kier alpha value is -1.35. The van der Waals surface area contributed by atoms with Crippen molar-refractivity contribution in [3.05, 3.63) is 59.4 Å². The molecule has 0 aliphatic carbocycles. The van der Waals surface area contributed by atoms with Gasteiger partial charge in [-0.2, -0.15) is 0 Å². The first-order chi connectivity index (χ1) is 8.63. The van der Waals surface area contributed by atoms with E-state index in [9.17, 15) is 4.39 Å². The maximum Gasteiger partial charge on any atom is 0.123 e. The highest BCUT2D eigenvalue weighted by atomic mass is 79.9. The fourth-order valence-corrected chi connectivity index (χ4v) is 2.51. The third kappa shape index (κ3) is 2.56. The zero-order chi connectivity index (χ0) is 13.1. The van der Waals surface area contributed by atoms with E-state index in [1.54, 1.807) is 6.07 Å². The van der Waals surface area contributed by atoms with Crippen LogP contribution < -0.4 is 4.90 Å². The van der Waals surface area contributed by atoms with Crippen LogP contribution in [0.1, 0.15) is 11.1 Å². The van der Waals surface area contributed by atoms with Gasteiger partial charge in [0.25, 0.3) is 0 Å². The third-order valence-corrected chi connectivity index (χ3v) is 3.63. The molecule has 0 spiro atoms. The molecule has 2 aromatic carbocycles. The summed E-state index contributed by atoms with van der Waals surface area (Å²) >= 11 is 3.41. The van der Waals surface area contributed by atoms with Gasteiger partial charge in [-0.15, -0.1) is 0 Å². The first kappa shape index (κ1) is 13.1. The van der Waals surface area contributed by atoms with Gasteiger partial charge in [-0.3, -0.25) is 0 Å². The summed E-state index contributed by atoms with van der Waals surface area (Å²) < 4.78 is 13.2. The van der Waals surface area contributed by atoms with Crippen LogP contribution in [-0.4, -0.2) is 7.05 Å². The van der Waals surface area contributed by atoms with Crippen molar-refractivity contribution in [2.75, 3.05) is 11.9 Å². The van der Waals surface area contributed by atoms with E-state index >= 15 is 0 Å². The van der Waals surface area contributed by atoms with Crippen molar-refractivity contribution in [2.45, 2.75) is 12.3 Å². The molecular weight excluding hydrogens is 293 g/mol. The smallest absolute Gasteiger partial charge is 0.123 e. The van der Waals surface area contributed by atoms with E-state index in [1.165, 1.54) is 11.6 Å². The van der Waals surface area contributed by atoms with E-state index in [2.05, 4.69) is 39.9 Å². The number of rotatable bonds is 3. The lowest BCUT2D eigenvalue weighted by Gasteiger charge is -2.24. The molecule has 0 aromatic heterocycles. The van der Waals surface area contributed by atoms with Crippen molar-refractivity contribution in [1.82, 2.24) is 0 Å². The van der Waals surface area contributed by atoms with Crippen LogP contribution in [0.2, 0.25) is 0 Å². The second-order valence-electron chi connectivity index (χ2n) is 4.25. The van der Waals surface area contributed by atoms with Crippen molar-refractivity contribution in [1.29, 1.82) is 0 Å². The Morgan fingerprint density at radius 2 is 1.83 bits per heavy atom. The quantitative estimate of drug-likeness (QED) is 0.736. The molecule has 2 rings (SSSR count). The van der Waals surface area contributed by atoms with E-state index in [0.717, 1.165) is 16.9 Å². The van der Waals surface area contributed by atoms with Crippen LogP contribution >= 0.6 is 15.9 Å². The van der Waals surface area contributed by atoms with Gasteiger partial charge in [0, 0.05) is 23.8 Å². The molecule has 0 saturated heterocycles. The van der Waals surface area contributed by atoms with E-state index in [0.29, 0.717) is 5.33 Å². The number of aryl methyl sites for hydroxylation is 1. The summed E-state index contributed by atoms with van der Waals surface area (Å²) in [6, 6.07) is 13.0. The molecule has 1 nitrogen and oxygen atoms in total. The fourth-order valence-electron chi connectivity index (χ4n) is 2.06. The van der Waals surface area contributed by atoms with Gasteiger partial charge in [-0.1, -0.05) is 34.1 Å². The first-order valence-electron chi connectivity index (χ1n) is 5.77. The van der Waals surface area contributed by atoms with Gasteiger partial charge < -0.3 is 4.90 Å². The van der Waals surface area contributed by atoms with Crippen LogP contribution in [0.25, 0.3) is 0 Å². The van der Waals surface area contributed by atoms with Gasteiger partial charge in [0.2, 0.25) is 0 Å². The molecule has 18 heavy (non-hydrogen) atoms. The van der Waals surface area contributed by atoms with Gasteiger partial charge in [0.1, 0.15) is 5.82 Å². The Bertz CT molecular complexity index is 554. The van der Waals surface area contributed by atoms with Crippen LogP contribution in [0.5, 0.6) is 0 Å². The lowest BCUT2D eigenvalue weighted by Crippen LogP contribution is -2.12. The largest absolute Gasteiger partial charge is 0.344 e. The minimum atomic E-state index is -0.202. The number of alkyl halides is 1. The van der Waals surface area contributed by atoms with Crippen LogP contribution in [0.3, 0.4) is 0 Å². The highest BCUT2D eigenvalue weighted by Crippen LogP contribution is 2.30. The van der Waals surface area contributed by atoms with E-state index < -0.39 is 0 Å². The SMILES string of the molecule is Cc1ccccc1N(C)c1ccc(F)cc1CBr. The average molecular weight is 308 g/mol. The summed E-state index contributed by atoms with van der Waals surface area (Å²) in [5, 5.41) is 0.635. The molecule has 0 fully saturated rings. The summed E-state index contributed by atoms with van der Waals surface area (Å²) in [6.45, 7) is 2.07. The maximum atomic E-state index is 13.2. The number of anilines is 2. The minimum absolute atomic E-state index is 0.202. The van der Waals surface area contributed by atoms with E-state index in [4.69, 9.17) is 0 Å². The third-order valence-electron chi connectivity index (χ3n) is 3.02. The summed E-state index contributed by atoms with van der Waals surface area (Å²) in [5.74, 6) is -0.202. The molecule has 0 N–H and O–H groups in total. The molecule has 3 heteroatoms. The zero-order valence-electron chi connectivity index (χ0n) is 10.5. The summed E-state index contributed by atoms with van der Waals surface area (Å²) in [6.07, 6.45) is 0. The number of hydrogen-bond donors (Lipinski definition) is 0. The van der Waals surface area contributed by atoms with Gasteiger partial charge in [-0.25, -0.2) is 4.39 Å². The molecular formula is C15H15BrFN. The monoisotopic (exact) mass is 307 g/mol. The summed E-state index contributed by atoms with van der Waals surface area (Å²) in [5.41, 5.74) is 4.29. The Balaban J connectivity index is 2.46.